The van der Waals surface area contributed by atoms with Crippen molar-refractivity contribution in [3.05, 3.63) is 95.6 Å². The van der Waals surface area contributed by atoms with Crippen LogP contribution in [-0.4, -0.2) is 28.3 Å². The fraction of sp³-hybridized carbons (Fsp3) is 0.115. The number of H-pyrrole nitrogens is 1. The quantitative estimate of drug-likeness (QED) is 0.431. The number of rotatable bonds is 5. The minimum atomic E-state index is -0.329. The van der Waals surface area contributed by atoms with Gasteiger partial charge in [0.1, 0.15) is 5.82 Å². The Labute approximate surface area is 189 Å². The number of carbonyl (C=O) groups excluding carboxylic acids is 2. The maximum absolute atomic E-state index is 13.1. The highest BCUT2D eigenvalue weighted by Gasteiger charge is 2.20. The molecule has 0 saturated heterocycles. The van der Waals surface area contributed by atoms with Crippen molar-refractivity contribution in [2.24, 2.45) is 0 Å². The largest absolute Gasteiger partial charge is 0.358 e. The van der Waals surface area contributed by atoms with E-state index in [0.717, 1.165) is 40.2 Å². The Morgan fingerprint density at radius 3 is 2.70 bits per heavy atom. The second-order valence-electron chi connectivity index (χ2n) is 7.94. The van der Waals surface area contributed by atoms with Crippen molar-refractivity contribution in [3.63, 3.8) is 0 Å². The van der Waals surface area contributed by atoms with Gasteiger partial charge in [0.05, 0.1) is 17.7 Å². The van der Waals surface area contributed by atoms with E-state index >= 15 is 0 Å². The molecule has 1 aliphatic heterocycles. The van der Waals surface area contributed by atoms with Crippen molar-refractivity contribution < 1.29 is 14.0 Å². The zero-order chi connectivity index (χ0) is 22.8. The van der Waals surface area contributed by atoms with Crippen molar-refractivity contribution >= 4 is 17.5 Å². The van der Waals surface area contributed by atoms with Gasteiger partial charge in [0, 0.05) is 47.4 Å². The fourth-order valence-corrected chi connectivity index (χ4v) is 3.95. The van der Waals surface area contributed by atoms with Crippen LogP contribution in [0.15, 0.2) is 72.9 Å². The van der Waals surface area contributed by atoms with Gasteiger partial charge in [0.15, 0.2) is 0 Å². The first-order valence-electron chi connectivity index (χ1n) is 10.7. The van der Waals surface area contributed by atoms with Crippen molar-refractivity contribution in [2.75, 3.05) is 11.9 Å². The van der Waals surface area contributed by atoms with Gasteiger partial charge >= 0.3 is 0 Å². The molecule has 33 heavy (non-hydrogen) atoms. The first-order chi connectivity index (χ1) is 16.0. The van der Waals surface area contributed by atoms with E-state index in [1.165, 1.54) is 12.1 Å². The SMILES string of the molecule is O=C(Cc1ccc(F)cc1)Nc1cccc(-c2cc(-c3cc4c([nH]3)CCNC4=O)ccn2)c1. The molecular formula is C26H21FN4O2. The van der Waals surface area contributed by atoms with Crippen LogP contribution in [-0.2, 0) is 17.6 Å². The summed E-state index contributed by atoms with van der Waals surface area (Å²) in [5.74, 6) is -0.572. The molecule has 0 fully saturated rings. The summed E-state index contributed by atoms with van der Waals surface area (Å²) in [6.07, 6.45) is 2.66. The van der Waals surface area contributed by atoms with E-state index in [4.69, 9.17) is 0 Å². The first kappa shape index (κ1) is 20.6. The molecule has 164 valence electrons. The summed E-state index contributed by atoms with van der Waals surface area (Å²) in [5.41, 5.74) is 6.40. The summed E-state index contributed by atoms with van der Waals surface area (Å²) in [4.78, 5) is 32.3. The van der Waals surface area contributed by atoms with Gasteiger partial charge in [-0.05, 0) is 48.0 Å². The number of fused-ring (bicyclic) bond motifs is 1. The highest BCUT2D eigenvalue weighted by Crippen LogP contribution is 2.28. The molecule has 0 unspecified atom stereocenters. The van der Waals surface area contributed by atoms with E-state index in [2.05, 4.69) is 20.6 Å². The standard InChI is InChI=1S/C26H21FN4O2/c27-19-6-4-16(5-7-19)12-25(32)30-20-3-1-2-17(13-20)23-14-18(8-10-28-23)24-15-21-22(31-24)9-11-29-26(21)33/h1-8,10,13-15,31H,9,11-12H2,(H,29,33)(H,30,32). The maximum atomic E-state index is 13.1. The Morgan fingerprint density at radius 1 is 1.03 bits per heavy atom. The lowest BCUT2D eigenvalue weighted by atomic mass is 10.1. The molecule has 0 radical (unpaired) electrons. The Hall–Kier alpha value is -4.26. The summed E-state index contributed by atoms with van der Waals surface area (Å²) in [6, 6.07) is 19.1. The lowest BCUT2D eigenvalue weighted by Crippen LogP contribution is -2.31. The number of nitrogens with one attached hydrogen (secondary N) is 3. The van der Waals surface area contributed by atoms with E-state index in [-0.39, 0.29) is 24.1 Å². The molecule has 0 saturated carbocycles. The van der Waals surface area contributed by atoms with Gasteiger partial charge in [0.25, 0.3) is 5.91 Å². The van der Waals surface area contributed by atoms with E-state index < -0.39 is 0 Å². The summed E-state index contributed by atoms with van der Waals surface area (Å²) in [7, 11) is 0. The Bertz CT molecular complexity index is 1340. The third-order valence-electron chi connectivity index (χ3n) is 5.60. The number of carbonyl (C=O) groups is 2. The van der Waals surface area contributed by atoms with Gasteiger partial charge in [0.2, 0.25) is 5.91 Å². The summed E-state index contributed by atoms with van der Waals surface area (Å²) in [5, 5.41) is 5.75. The molecule has 3 N–H and O–H groups in total. The topological polar surface area (TPSA) is 86.9 Å². The van der Waals surface area contributed by atoms with Crippen LogP contribution in [0, 0.1) is 5.82 Å². The molecule has 4 aromatic rings. The summed E-state index contributed by atoms with van der Waals surface area (Å²) in [6.45, 7) is 0.632. The molecule has 3 heterocycles. The third-order valence-corrected chi connectivity index (χ3v) is 5.60. The number of nitrogens with zero attached hydrogens (tertiary/aromatic N) is 1. The molecule has 0 spiro atoms. The monoisotopic (exact) mass is 440 g/mol. The first-order valence-corrected chi connectivity index (χ1v) is 10.7. The van der Waals surface area contributed by atoms with E-state index in [9.17, 15) is 14.0 Å². The fourth-order valence-electron chi connectivity index (χ4n) is 3.95. The average Bonchev–Trinajstić information content (AvgIpc) is 3.27. The molecule has 2 aromatic heterocycles. The number of anilines is 1. The molecule has 0 atom stereocenters. The van der Waals surface area contributed by atoms with Crippen molar-refractivity contribution in [1.82, 2.24) is 15.3 Å². The van der Waals surface area contributed by atoms with Gasteiger partial charge in [-0.2, -0.15) is 0 Å². The molecule has 5 rings (SSSR count). The van der Waals surface area contributed by atoms with Crippen molar-refractivity contribution in [2.45, 2.75) is 12.8 Å². The minimum Gasteiger partial charge on any atom is -0.358 e. The summed E-state index contributed by atoms with van der Waals surface area (Å²) >= 11 is 0. The minimum absolute atomic E-state index is 0.0582. The number of hydrogen-bond donors (Lipinski definition) is 3. The van der Waals surface area contributed by atoms with Gasteiger partial charge in [-0.1, -0.05) is 24.3 Å². The van der Waals surface area contributed by atoms with Crippen LogP contribution in [0.2, 0.25) is 0 Å². The number of pyridine rings is 1. The van der Waals surface area contributed by atoms with Crippen LogP contribution in [0.25, 0.3) is 22.5 Å². The van der Waals surface area contributed by atoms with Gasteiger partial charge in [-0.25, -0.2) is 4.39 Å². The van der Waals surface area contributed by atoms with Gasteiger partial charge < -0.3 is 15.6 Å². The summed E-state index contributed by atoms with van der Waals surface area (Å²) < 4.78 is 13.1. The lowest BCUT2D eigenvalue weighted by molar-refractivity contribution is -0.115. The molecule has 0 bridgehead atoms. The number of amides is 2. The molecule has 2 aromatic carbocycles. The zero-order valence-electron chi connectivity index (χ0n) is 17.7. The van der Waals surface area contributed by atoms with Gasteiger partial charge in [-0.3, -0.25) is 14.6 Å². The molecule has 2 amide bonds. The van der Waals surface area contributed by atoms with Crippen LogP contribution >= 0.6 is 0 Å². The van der Waals surface area contributed by atoms with E-state index in [1.807, 2.05) is 42.5 Å². The Kier molecular flexibility index (Phi) is 5.44. The average molecular weight is 440 g/mol. The second-order valence-corrected chi connectivity index (χ2v) is 7.94. The smallest absolute Gasteiger partial charge is 0.253 e. The van der Waals surface area contributed by atoms with Gasteiger partial charge in [-0.15, -0.1) is 0 Å². The second kappa shape index (κ2) is 8.70. The zero-order valence-corrected chi connectivity index (χ0v) is 17.7. The van der Waals surface area contributed by atoms with E-state index in [0.29, 0.717) is 17.8 Å². The number of aromatic nitrogens is 2. The highest BCUT2D eigenvalue weighted by molar-refractivity contribution is 5.98. The molecule has 1 aliphatic rings. The highest BCUT2D eigenvalue weighted by atomic mass is 19.1. The van der Waals surface area contributed by atoms with Crippen LogP contribution in [0.1, 0.15) is 21.6 Å². The Morgan fingerprint density at radius 2 is 1.88 bits per heavy atom. The number of hydrogen-bond acceptors (Lipinski definition) is 3. The van der Waals surface area contributed by atoms with Crippen molar-refractivity contribution in [3.8, 4) is 22.5 Å². The predicted octanol–water partition coefficient (Wildman–Crippen LogP) is 4.35. The predicted molar refractivity (Wildman–Crippen MR) is 124 cm³/mol. The van der Waals surface area contributed by atoms with E-state index in [1.54, 1.807) is 18.3 Å². The lowest BCUT2D eigenvalue weighted by Gasteiger charge is -2.11. The van der Waals surface area contributed by atoms with Crippen LogP contribution < -0.4 is 10.6 Å². The number of halogens is 1. The maximum Gasteiger partial charge on any atom is 0.253 e. The molecule has 0 aliphatic carbocycles. The van der Waals surface area contributed by atoms with Crippen LogP contribution in [0.3, 0.4) is 0 Å². The van der Waals surface area contributed by atoms with Crippen LogP contribution in [0.5, 0.6) is 0 Å². The molecular weight excluding hydrogens is 419 g/mol. The number of aromatic amines is 1. The normalized spacial score (nSPS) is 12.7. The molecule has 7 heteroatoms. The molecule has 6 nitrogen and oxygen atoms in total. The van der Waals surface area contributed by atoms with Crippen molar-refractivity contribution in [1.29, 1.82) is 0 Å². The Balaban J connectivity index is 1.35. The van der Waals surface area contributed by atoms with Crippen LogP contribution in [0.4, 0.5) is 10.1 Å². The third kappa shape index (κ3) is 4.52. The number of benzene rings is 2.